The number of alkyl halides is 6. The van der Waals surface area contributed by atoms with Gasteiger partial charge in [-0.05, 0) is 55.8 Å². The zero-order valence-corrected chi connectivity index (χ0v) is 24.1. The van der Waals surface area contributed by atoms with E-state index in [1.807, 2.05) is 31.2 Å². The highest BCUT2D eigenvalue weighted by molar-refractivity contribution is 7.99. The minimum absolute atomic E-state index is 0.0219. The molecule has 0 N–H and O–H groups in total. The minimum Gasteiger partial charge on any atom is -0.461 e. The summed E-state index contributed by atoms with van der Waals surface area (Å²) < 4.78 is 87.2. The number of benzene rings is 2. The first-order chi connectivity index (χ1) is 20.7. The van der Waals surface area contributed by atoms with E-state index < -0.39 is 41.0 Å². The smallest absolute Gasteiger partial charge is 0.416 e. The van der Waals surface area contributed by atoms with Crippen molar-refractivity contribution in [2.24, 2.45) is 0 Å². The highest BCUT2D eigenvalue weighted by Gasteiger charge is 2.39. The van der Waals surface area contributed by atoms with E-state index in [9.17, 15) is 35.9 Å². The van der Waals surface area contributed by atoms with Crippen LogP contribution in [-0.2, 0) is 17.1 Å². The molecule has 0 radical (unpaired) electrons. The molecule has 5 rings (SSSR count). The summed E-state index contributed by atoms with van der Waals surface area (Å²) in [5, 5.41) is 8.98. The number of aromatic nitrogens is 3. The third-order valence-corrected chi connectivity index (χ3v) is 8.05. The van der Waals surface area contributed by atoms with Crippen molar-refractivity contribution in [3.05, 3.63) is 83.1 Å². The van der Waals surface area contributed by atoms with Gasteiger partial charge in [-0.15, -0.1) is 10.2 Å². The van der Waals surface area contributed by atoms with Crippen molar-refractivity contribution >= 4 is 23.6 Å². The zero-order valence-electron chi connectivity index (χ0n) is 23.3. The van der Waals surface area contributed by atoms with Crippen LogP contribution in [0.2, 0.25) is 0 Å². The first-order valence-electron chi connectivity index (χ1n) is 13.3. The van der Waals surface area contributed by atoms with Crippen LogP contribution in [0.1, 0.15) is 34.0 Å². The van der Waals surface area contributed by atoms with E-state index in [1.54, 1.807) is 23.6 Å². The fourth-order valence-corrected chi connectivity index (χ4v) is 5.76. The van der Waals surface area contributed by atoms with Crippen molar-refractivity contribution in [2.45, 2.75) is 37.4 Å². The minimum atomic E-state index is -5.08. The van der Waals surface area contributed by atoms with Gasteiger partial charge in [-0.25, -0.2) is 0 Å². The van der Waals surface area contributed by atoms with E-state index in [-0.39, 0.29) is 37.4 Å². The molecule has 3 heterocycles. The van der Waals surface area contributed by atoms with E-state index in [2.05, 4.69) is 10.2 Å². The normalized spacial score (nSPS) is 16.0. The second kappa shape index (κ2) is 12.0. The molecule has 8 nitrogen and oxygen atoms in total. The lowest BCUT2D eigenvalue weighted by Gasteiger charge is -2.40. The molecule has 232 valence electrons. The van der Waals surface area contributed by atoms with Gasteiger partial charge in [0.1, 0.15) is 0 Å². The number of aryl methyl sites for hydroxylation is 1. The third-order valence-electron chi connectivity index (χ3n) is 7.13. The fourth-order valence-electron chi connectivity index (χ4n) is 4.91. The Hall–Kier alpha value is -4.27. The van der Waals surface area contributed by atoms with Crippen molar-refractivity contribution in [3.8, 4) is 17.3 Å². The second-order valence-electron chi connectivity index (χ2n) is 10.2. The molecule has 2 aromatic carbocycles. The number of carbonyl (C=O) groups excluding carboxylic acids is 2. The number of halogens is 6. The maximum atomic E-state index is 13.3. The van der Waals surface area contributed by atoms with Crippen molar-refractivity contribution in [2.75, 3.05) is 25.4 Å². The molecule has 44 heavy (non-hydrogen) atoms. The number of amides is 2. The van der Waals surface area contributed by atoms with E-state index in [0.717, 1.165) is 23.0 Å². The number of carbonyl (C=O) groups is 2. The standard InChI is InChI=1S/C29H25F6N5O3S/c1-17-6-3-4-7-22(17)40-25(23-8-5-11-43-23)36-37-27(40)44-16-24(41)38-9-10-39(18(2)15-38)26(42)19-12-20(28(30,31)32)14-21(13-19)29(33,34)35/h3-8,11-14,18H,9-10,15-16H2,1-2H3. The molecule has 1 aliphatic rings. The van der Waals surface area contributed by atoms with Crippen LogP contribution < -0.4 is 0 Å². The molecule has 0 spiro atoms. The maximum absolute atomic E-state index is 13.3. The topological polar surface area (TPSA) is 84.5 Å². The molecule has 15 heteroatoms. The number of hydrogen-bond acceptors (Lipinski definition) is 6. The van der Waals surface area contributed by atoms with Crippen molar-refractivity contribution in [1.82, 2.24) is 24.6 Å². The van der Waals surface area contributed by atoms with Gasteiger partial charge in [-0.3, -0.25) is 14.2 Å². The summed E-state index contributed by atoms with van der Waals surface area (Å²) in [5.74, 6) is -0.371. The van der Waals surface area contributed by atoms with Gasteiger partial charge in [-0.2, -0.15) is 26.3 Å². The summed E-state index contributed by atoms with van der Waals surface area (Å²) in [6.07, 6.45) is -8.64. The van der Waals surface area contributed by atoms with Crippen LogP contribution in [0.4, 0.5) is 26.3 Å². The first kappa shape index (κ1) is 31.2. The number of rotatable bonds is 6. The van der Waals surface area contributed by atoms with Gasteiger partial charge >= 0.3 is 12.4 Å². The Morgan fingerprint density at radius 1 is 0.955 bits per heavy atom. The van der Waals surface area contributed by atoms with Gasteiger partial charge in [-0.1, -0.05) is 30.0 Å². The van der Waals surface area contributed by atoms with Gasteiger partial charge in [0.25, 0.3) is 5.91 Å². The van der Waals surface area contributed by atoms with Gasteiger partial charge in [0.15, 0.2) is 10.9 Å². The van der Waals surface area contributed by atoms with Crippen molar-refractivity contribution < 1.29 is 40.3 Å². The number of furan rings is 1. The SMILES string of the molecule is Cc1ccccc1-n1c(SCC(=O)N2CCN(C(=O)c3cc(C(F)(F)F)cc(C(F)(F)F)c3)C(C)C2)nnc1-c1ccco1. The first-order valence-corrected chi connectivity index (χ1v) is 14.3. The van der Waals surface area contributed by atoms with Crippen LogP contribution in [-0.4, -0.2) is 67.8 Å². The Morgan fingerprint density at radius 3 is 2.23 bits per heavy atom. The Labute approximate surface area is 251 Å². The largest absolute Gasteiger partial charge is 0.461 e. The predicted octanol–water partition coefficient (Wildman–Crippen LogP) is 6.34. The average molecular weight is 638 g/mol. The number of piperazine rings is 1. The molecular formula is C29H25F6N5O3S. The van der Waals surface area contributed by atoms with Crippen LogP contribution in [0.3, 0.4) is 0 Å². The Morgan fingerprint density at radius 2 is 1.64 bits per heavy atom. The van der Waals surface area contributed by atoms with Crippen LogP contribution in [0.5, 0.6) is 0 Å². The monoisotopic (exact) mass is 637 g/mol. The lowest BCUT2D eigenvalue weighted by Crippen LogP contribution is -2.55. The lowest BCUT2D eigenvalue weighted by molar-refractivity contribution is -0.143. The van der Waals surface area contributed by atoms with E-state index in [0.29, 0.717) is 28.9 Å². The van der Waals surface area contributed by atoms with Gasteiger partial charge in [0.05, 0.1) is 28.8 Å². The van der Waals surface area contributed by atoms with Gasteiger partial charge < -0.3 is 14.2 Å². The molecular weight excluding hydrogens is 612 g/mol. The van der Waals surface area contributed by atoms with Crippen molar-refractivity contribution in [1.29, 1.82) is 0 Å². The van der Waals surface area contributed by atoms with E-state index >= 15 is 0 Å². The maximum Gasteiger partial charge on any atom is 0.416 e. The Bertz CT molecular complexity index is 1640. The molecule has 1 unspecified atom stereocenters. The summed E-state index contributed by atoms with van der Waals surface area (Å²) in [7, 11) is 0. The number of hydrogen-bond donors (Lipinski definition) is 0. The predicted molar refractivity (Wildman–Crippen MR) is 148 cm³/mol. The Kier molecular flexibility index (Phi) is 8.51. The quantitative estimate of drug-likeness (QED) is 0.181. The molecule has 1 aliphatic heterocycles. The molecule has 1 fully saturated rings. The summed E-state index contributed by atoms with van der Waals surface area (Å²) in [5.41, 5.74) is -2.13. The molecule has 2 amide bonds. The zero-order chi connectivity index (χ0) is 31.8. The molecule has 1 atom stereocenters. The number of nitrogens with zero attached hydrogens (tertiary/aromatic N) is 5. The van der Waals surface area contributed by atoms with E-state index in [4.69, 9.17) is 4.42 Å². The highest BCUT2D eigenvalue weighted by Crippen LogP contribution is 2.37. The summed E-state index contributed by atoms with van der Waals surface area (Å²) >= 11 is 1.15. The van der Waals surface area contributed by atoms with Crippen LogP contribution >= 0.6 is 11.8 Å². The third kappa shape index (κ3) is 6.47. The van der Waals surface area contributed by atoms with Gasteiger partial charge in [0.2, 0.25) is 11.7 Å². The van der Waals surface area contributed by atoms with E-state index in [1.165, 1.54) is 16.1 Å². The van der Waals surface area contributed by atoms with Crippen LogP contribution in [0, 0.1) is 6.92 Å². The molecule has 0 bridgehead atoms. The molecule has 0 saturated carbocycles. The second-order valence-corrected chi connectivity index (χ2v) is 11.1. The number of para-hydroxylation sites is 1. The summed E-state index contributed by atoms with van der Waals surface area (Å²) in [4.78, 5) is 29.0. The lowest BCUT2D eigenvalue weighted by atomic mass is 10.0. The van der Waals surface area contributed by atoms with Crippen LogP contribution in [0.15, 0.2) is 70.4 Å². The number of thioether (sulfide) groups is 1. The van der Waals surface area contributed by atoms with Crippen molar-refractivity contribution in [3.63, 3.8) is 0 Å². The molecule has 0 aliphatic carbocycles. The molecule has 2 aromatic heterocycles. The summed E-state index contributed by atoms with van der Waals surface area (Å²) in [6, 6.07) is 11.2. The summed E-state index contributed by atoms with van der Waals surface area (Å²) in [6.45, 7) is 3.51. The average Bonchev–Trinajstić information content (AvgIpc) is 3.65. The molecule has 4 aromatic rings. The van der Waals surface area contributed by atoms with Gasteiger partial charge in [0, 0.05) is 31.2 Å². The Balaban J connectivity index is 1.29. The fraction of sp³-hybridized carbons (Fsp3) is 0.310. The van der Waals surface area contributed by atoms with Crippen LogP contribution in [0.25, 0.3) is 17.3 Å². The molecule has 1 saturated heterocycles. The highest BCUT2D eigenvalue weighted by atomic mass is 32.2.